The SMILES string of the molecule is CCCc1cc(Nc2cnn(CC)c2)ncn1. The molecule has 5 nitrogen and oxygen atoms in total. The minimum atomic E-state index is 0.819. The van der Waals surface area contributed by atoms with Crippen molar-refractivity contribution in [3.05, 3.63) is 30.5 Å². The summed E-state index contributed by atoms with van der Waals surface area (Å²) in [5, 5.41) is 7.42. The zero-order valence-electron chi connectivity index (χ0n) is 10.2. The Morgan fingerprint density at radius 3 is 2.88 bits per heavy atom. The van der Waals surface area contributed by atoms with Crippen molar-refractivity contribution < 1.29 is 0 Å². The summed E-state index contributed by atoms with van der Waals surface area (Å²) >= 11 is 0. The second-order valence-corrected chi connectivity index (χ2v) is 3.85. The van der Waals surface area contributed by atoms with Gasteiger partial charge < -0.3 is 5.32 Å². The van der Waals surface area contributed by atoms with E-state index < -0.39 is 0 Å². The molecule has 5 heteroatoms. The summed E-state index contributed by atoms with van der Waals surface area (Å²) in [6, 6.07) is 1.98. The Labute approximate surface area is 101 Å². The highest BCUT2D eigenvalue weighted by Gasteiger charge is 2.01. The van der Waals surface area contributed by atoms with Crippen molar-refractivity contribution in [2.75, 3.05) is 5.32 Å². The second-order valence-electron chi connectivity index (χ2n) is 3.85. The summed E-state index contributed by atoms with van der Waals surface area (Å²) in [5.41, 5.74) is 2.01. The molecule has 2 heterocycles. The minimum Gasteiger partial charge on any atom is -0.338 e. The van der Waals surface area contributed by atoms with E-state index in [2.05, 4.69) is 34.2 Å². The first-order valence-electron chi connectivity index (χ1n) is 5.92. The summed E-state index contributed by atoms with van der Waals surface area (Å²) in [4.78, 5) is 8.41. The van der Waals surface area contributed by atoms with Crippen LogP contribution in [0.15, 0.2) is 24.8 Å². The second kappa shape index (κ2) is 5.43. The Morgan fingerprint density at radius 2 is 2.18 bits per heavy atom. The van der Waals surface area contributed by atoms with Gasteiger partial charge >= 0.3 is 0 Å². The maximum absolute atomic E-state index is 4.22. The van der Waals surface area contributed by atoms with Crippen LogP contribution in [0.1, 0.15) is 26.0 Å². The van der Waals surface area contributed by atoms with Crippen LogP contribution >= 0.6 is 0 Å². The highest BCUT2D eigenvalue weighted by Crippen LogP contribution is 2.13. The van der Waals surface area contributed by atoms with E-state index in [1.807, 2.05) is 16.9 Å². The van der Waals surface area contributed by atoms with Gasteiger partial charge in [-0.05, 0) is 13.3 Å². The van der Waals surface area contributed by atoms with Crippen LogP contribution < -0.4 is 5.32 Å². The van der Waals surface area contributed by atoms with Crippen molar-refractivity contribution in [2.45, 2.75) is 33.2 Å². The summed E-state index contributed by atoms with van der Waals surface area (Å²) in [6.45, 7) is 5.06. The van der Waals surface area contributed by atoms with Gasteiger partial charge in [0.1, 0.15) is 12.1 Å². The lowest BCUT2D eigenvalue weighted by Gasteiger charge is -2.03. The Balaban J connectivity index is 2.09. The van der Waals surface area contributed by atoms with Crippen LogP contribution in [-0.2, 0) is 13.0 Å². The van der Waals surface area contributed by atoms with Crippen LogP contribution in [-0.4, -0.2) is 19.7 Å². The zero-order valence-corrected chi connectivity index (χ0v) is 10.2. The van der Waals surface area contributed by atoms with Gasteiger partial charge in [-0.2, -0.15) is 5.10 Å². The molecule has 0 amide bonds. The molecular weight excluding hydrogens is 214 g/mol. The average Bonchev–Trinajstić information content (AvgIpc) is 2.78. The summed E-state index contributed by atoms with van der Waals surface area (Å²) < 4.78 is 1.87. The average molecular weight is 231 g/mol. The molecule has 2 aromatic rings. The molecule has 0 spiro atoms. The topological polar surface area (TPSA) is 55.6 Å². The van der Waals surface area contributed by atoms with Crippen LogP contribution in [0.2, 0.25) is 0 Å². The normalized spacial score (nSPS) is 10.5. The lowest BCUT2D eigenvalue weighted by atomic mass is 10.2. The smallest absolute Gasteiger partial charge is 0.134 e. The first kappa shape index (κ1) is 11.6. The molecule has 0 bridgehead atoms. The summed E-state index contributed by atoms with van der Waals surface area (Å²) in [5.74, 6) is 0.819. The molecule has 0 atom stereocenters. The van der Waals surface area contributed by atoms with Crippen molar-refractivity contribution in [1.29, 1.82) is 0 Å². The quantitative estimate of drug-likeness (QED) is 0.858. The molecular formula is C12H17N5. The summed E-state index contributed by atoms with van der Waals surface area (Å²) in [7, 11) is 0. The first-order chi connectivity index (χ1) is 8.31. The Bertz CT molecular complexity index is 477. The monoisotopic (exact) mass is 231 g/mol. The number of nitrogens with zero attached hydrogens (tertiary/aromatic N) is 4. The zero-order chi connectivity index (χ0) is 12.1. The lowest BCUT2D eigenvalue weighted by molar-refractivity contribution is 0.660. The van der Waals surface area contributed by atoms with Gasteiger partial charge in [0, 0.05) is 24.5 Å². The molecule has 0 radical (unpaired) electrons. The number of hydrogen-bond donors (Lipinski definition) is 1. The molecule has 2 aromatic heterocycles. The van der Waals surface area contributed by atoms with Crippen molar-refractivity contribution in [1.82, 2.24) is 19.7 Å². The lowest BCUT2D eigenvalue weighted by Crippen LogP contribution is -1.97. The molecule has 0 aliphatic heterocycles. The van der Waals surface area contributed by atoms with E-state index in [-0.39, 0.29) is 0 Å². The van der Waals surface area contributed by atoms with Gasteiger partial charge in [0.25, 0.3) is 0 Å². The van der Waals surface area contributed by atoms with Crippen molar-refractivity contribution in [3.8, 4) is 0 Å². The summed E-state index contributed by atoms with van der Waals surface area (Å²) in [6.07, 6.45) is 7.42. The van der Waals surface area contributed by atoms with Crippen LogP contribution in [0.4, 0.5) is 11.5 Å². The highest BCUT2D eigenvalue weighted by molar-refractivity contribution is 5.53. The Hall–Kier alpha value is -1.91. The minimum absolute atomic E-state index is 0.819. The number of hydrogen-bond acceptors (Lipinski definition) is 4. The van der Waals surface area contributed by atoms with Crippen LogP contribution in [0.25, 0.3) is 0 Å². The number of aryl methyl sites for hydroxylation is 2. The largest absolute Gasteiger partial charge is 0.338 e. The fourth-order valence-electron chi connectivity index (χ4n) is 1.61. The molecule has 17 heavy (non-hydrogen) atoms. The number of anilines is 2. The van der Waals surface area contributed by atoms with E-state index in [0.29, 0.717) is 0 Å². The molecule has 0 saturated carbocycles. The third-order valence-corrected chi connectivity index (χ3v) is 2.46. The van der Waals surface area contributed by atoms with E-state index in [9.17, 15) is 0 Å². The fraction of sp³-hybridized carbons (Fsp3) is 0.417. The van der Waals surface area contributed by atoms with E-state index in [1.54, 1.807) is 12.5 Å². The molecule has 90 valence electrons. The van der Waals surface area contributed by atoms with Crippen LogP contribution in [0, 0.1) is 0 Å². The third kappa shape index (κ3) is 3.03. The van der Waals surface area contributed by atoms with E-state index >= 15 is 0 Å². The van der Waals surface area contributed by atoms with Crippen molar-refractivity contribution in [2.24, 2.45) is 0 Å². The van der Waals surface area contributed by atoms with Gasteiger partial charge in [-0.15, -0.1) is 0 Å². The maximum atomic E-state index is 4.22. The van der Waals surface area contributed by atoms with Crippen molar-refractivity contribution >= 4 is 11.5 Å². The van der Waals surface area contributed by atoms with E-state index in [0.717, 1.165) is 36.6 Å². The van der Waals surface area contributed by atoms with Gasteiger partial charge in [-0.25, -0.2) is 9.97 Å². The molecule has 2 rings (SSSR count). The molecule has 0 aromatic carbocycles. The fourth-order valence-corrected chi connectivity index (χ4v) is 1.61. The molecule has 0 fully saturated rings. The van der Waals surface area contributed by atoms with E-state index in [1.165, 1.54) is 0 Å². The van der Waals surface area contributed by atoms with Gasteiger partial charge in [0.15, 0.2) is 0 Å². The predicted molar refractivity (Wildman–Crippen MR) is 67.2 cm³/mol. The maximum Gasteiger partial charge on any atom is 0.134 e. The van der Waals surface area contributed by atoms with Crippen LogP contribution in [0.3, 0.4) is 0 Å². The third-order valence-electron chi connectivity index (χ3n) is 2.46. The van der Waals surface area contributed by atoms with Crippen LogP contribution in [0.5, 0.6) is 0 Å². The Kier molecular flexibility index (Phi) is 3.69. The van der Waals surface area contributed by atoms with E-state index in [4.69, 9.17) is 0 Å². The van der Waals surface area contributed by atoms with Gasteiger partial charge in [0.05, 0.1) is 11.9 Å². The first-order valence-corrected chi connectivity index (χ1v) is 5.92. The highest BCUT2D eigenvalue weighted by atomic mass is 15.3. The number of aromatic nitrogens is 4. The number of rotatable bonds is 5. The molecule has 0 unspecified atom stereocenters. The number of nitrogens with one attached hydrogen (secondary N) is 1. The van der Waals surface area contributed by atoms with Gasteiger partial charge in [0.2, 0.25) is 0 Å². The van der Waals surface area contributed by atoms with Crippen molar-refractivity contribution in [3.63, 3.8) is 0 Å². The molecule has 0 saturated heterocycles. The van der Waals surface area contributed by atoms with Gasteiger partial charge in [-0.3, -0.25) is 4.68 Å². The molecule has 0 aliphatic carbocycles. The standard InChI is InChI=1S/C12H17N5/c1-3-5-10-6-12(14-9-13-10)16-11-7-15-17(4-2)8-11/h6-9H,3-5H2,1-2H3,(H,13,14,16). The Morgan fingerprint density at radius 1 is 1.29 bits per heavy atom. The molecule has 0 aliphatic rings. The molecule has 1 N–H and O–H groups in total. The van der Waals surface area contributed by atoms with Gasteiger partial charge in [-0.1, -0.05) is 13.3 Å². The predicted octanol–water partition coefficient (Wildman–Crippen LogP) is 2.39.